The fourth-order valence-corrected chi connectivity index (χ4v) is 5.05. The number of esters is 1. The van der Waals surface area contributed by atoms with Gasteiger partial charge in [-0.1, -0.05) is 49.2 Å². The zero-order valence-electron chi connectivity index (χ0n) is 19.6. The number of carbonyl (C=O) groups is 1. The number of benzene rings is 1. The van der Waals surface area contributed by atoms with Gasteiger partial charge in [0.1, 0.15) is 5.69 Å². The second-order valence-corrected chi connectivity index (χ2v) is 8.97. The molecular formula is C27H28N4O4. The van der Waals surface area contributed by atoms with E-state index >= 15 is 0 Å². The van der Waals surface area contributed by atoms with Crippen molar-refractivity contribution in [1.82, 2.24) is 19.4 Å². The monoisotopic (exact) mass is 472 g/mol. The zero-order chi connectivity index (χ0) is 24.4. The van der Waals surface area contributed by atoms with Crippen LogP contribution in [0.25, 0.3) is 28.0 Å². The molecule has 0 aliphatic heterocycles. The number of aliphatic hydroxyl groups is 1. The minimum atomic E-state index is -1.40. The van der Waals surface area contributed by atoms with Crippen LogP contribution in [-0.4, -0.2) is 42.7 Å². The van der Waals surface area contributed by atoms with Gasteiger partial charge >= 0.3 is 5.97 Å². The Morgan fingerprint density at radius 1 is 1.09 bits per heavy atom. The first-order valence-electron chi connectivity index (χ1n) is 12.0. The standard InChI is InChI=1S/C27H28N4O4/c1-2-35-24(33)18-27(34)16-8-6-13-22(27)31-23(32)15-14-20(28-31)25-21-12-7-9-17-30(21)29-26(25)19-10-4-3-5-11-19/h3-5,7,9-12,14-15,17,22,34H,2,6,8,13,16,18H2,1H3/t22-,27+/m1/s1. The Morgan fingerprint density at radius 2 is 1.89 bits per heavy atom. The summed E-state index contributed by atoms with van der Waals surface area (Å²) in [4.78, 5) is 25.3. The predicted molar refractivity (Wildman–Crippen MR) is 132 cm³/mol. The highest BCUT2D eigenvalue weighted by molar-refractivity contribution is 5.90. The van der Waals surface area contributed by atoms with Crippen molar-refractivity contribution in [3.05, 3.63) is 77.2 Å². The fraction of sp³-hybridized carbons (Fsp3) is 0.333. The summed E-state index contributed by atoms with van der Waals surface area (Å²) >= 11 is 0. The van der Waals surface area contributed by atoms with Crippen LogP contribution in [0, 0.1) is 0 Å². The minimum absolute atomic E-state index is 0.171. The Balaban J connectivity index is 1.64. The summed E-state index contributed by atoms with van der Waals surface area (Å²) in [6.45, 7) is 1.97. The number of carbonyl (C=O) groups excluding carboxylic acids is 1. The Labute approximate surface area is 202 Å². The fourth-order valence-electron chi connectivity index (χ4n) is 5.05. The van der Waals surface area contributed by atoms with Crippen LogP contribution >= 0.6 is 0 Å². The number of hydrogen-bond donors (Lipinski definition) is 1. The van der Waals surface area contributed by atoms with E-state index in [0.29, 0.717) is 18.5 Å². The van der Waals surface area contributed by atoms with E-state index in [4.69, 9.17) is 14.9 Å². The summed E-state index contributed by atoms with van der Waals surface area (Å²) in [5.74, 6) is -0.472. The van der Waals surface area contributed by atoms with Gasteiger partial charge in [0.2, 0.25) is 0 Å². The number of hydrogen-bond acceptors (Lipinski definition) is 6. The molecule has 0 amide bonds. The van der Waals surface area contributed by atoms with Gasteiger partial charge in [-0.2, -0.15) is 10.2 Å². The average molecular weight is 473 g/mol. The van der Waals surface area contributed by atoms with E-state index in [0.717, 1.165) is 35.2 Å². The molecular weight excluding hydrogens is 444 g/mol. The van der Waals surface area contributed by atoms with Crippen LogP contribution in [0.2, 0.25) is 0 Å². The molecule has 3 aromatic heterocycles. The van der Waals surface area contributed by atoms with Gasteiger partial charge in [0.25, 0.3) is 5.56 Å². The van der Waals surface area contributed by atoms with Crippen LogP contribution in [0.15, 0.2) is 71.7 Å². The van der Waals surface area contributed by atoms with E-state index in [2.05, 4.69) is 0 Å². The molecule has 0 unspecified atom stereocenters. The van der Waals surface area contributed by atoms with Crippen molar-refractivity contribution in [3.63, 3.8) is 0 Å². The van der Waals surface area contributed by atoms with Gasteiger partial charge in [-0.05, 0) is 38.0 Å². The molecule has 1 aliphatic carbocycles. The molecule has 2 atom stereocenters. The van der Waals surface area contributed by atoms with Crippen molar-refractivity contribution in [1.29, 1.82) is 0 Å². The predicted octanol–water partition coefficient (Wildman–Crippen LogP) is 4.02. The van der Waals surface area contributed by atoms with Crippen LogP contribution in [0.4, 0.5) is 0 Å². The summed E-state index contributed by atoms with van der Waals surface area (Å²) in [7, 11) is 0. The zero-order valence-corrected chi connectivity index (χ0v) is 19.6. The normalized spacial score (nSPS) is 20.1. The van der Waals surface area contributed by atoms with Gasteiger partial charge in [0.15, 0.2) is 0 Å². The Bertz CT molecular complexity index is 1410. The highest BCUT2D eigenvalue weighted by Crippen LogP contribution is 2.40. The molecule has 1 saturated carbocycles. The van der Waals surface area contributed by atoms with Crippen molar-refractivity contribution in [2.24, 2.45) is 0 Å². The van der Waals surface area contributed by atoms with Crippen LogP contribution in [-0.2, 0) is 9.53 Å². The molecule has 1 aromatic carbocycles. The highest BCUT2D eigenvalue weighted by Gasteiger charge is 2.43. The largest absolute Gasteiger partial charge is 0.466 e. The minimum Gasteiger partial charge on any atom is -0.466 e. The van der Waals surface area contributed by atoms with Gasteiger partial charge < -0.3 is 9.84 Å². The van der Waals surface area contributed by atoms with Gasteiger partial charge in [-0.3, -0.25) is 9.59 Å². The lowest BCUT2D eigenvalue weighted by molar-refractivity contribution is -0.153. The van der Waals surface area contributed by atoms with Crippen LogP contribution < -0.4 is 5.56 Å². The third-order valence-electron chi connectivity index (χ3n) is 6.68. The van der Waals surface area contributed by atoms with Crippen LogP contribution in [0.5, 0.6) is 0 Å². The molecule has 0 bridgehead atoms. The smallest absolute Gasteiger partial charge is 0.308 e. The number of ether oxygens (including phenoxy) is 1. The van der Waals surface area contributed by atoms with Crippen molar-refractivity contribution in [2.45, 2.75) is 50.7 Å². The first-order chi connectivity index (χ1) is 17.0. The number of fused-ring (bicyclic) bond motifs is 1. The van der Waals surface area contributed by atoms with E-state index in [1.807, 2.05) is 54.7 Å². The van der Waals surface area contributed by atoms with Gasteiger partial charge in [0, 0.05) is 17.8 Å². The lowest BCUT2D eigenvalue weighted by Crippen LogP contribution is -2.47. The molecule has 3 heterocycles. The van der Waals surface area contributed by atoms with Crippen molar-refractivity contribution < 1.29 is 14.6 Å². The molecule has 35 heavy (non-hydrogen) atoms. The molecule has 0 radical (unpaired) electrons. The molecule has 1 fully saturated rings. The summed E-state index contributed by atoms with van der Waals surface area (Å²) in [6, 6.07) is 18.2. The maximum atomic E-state index is 13.0. The third kappa shape index (κ3) is 4.37. The Hall–Kier alpha value is -3.78. The SMILES string of the molecule is CCOC(=O)C[C@@]1(O)CCCC[C@H]1n1nc(-c2c(-c3ccccc3)nn3ccccc23)ccc1=O. The van der Waals surface area contributed by atoms with Gasteiger partial charge in [-0.15, -0.1) is 0 Å². The van der Waals surface area contributed by atoms with Crippen LogP contribution in [0.3, 0.4) is 0 Å². The van der Waals surface area contributed by atoms with E-state index in [9.17, 15) is 14.7 Å². The maximum Gasteiger partial charge on any atom is 0.308 e. The van der Waals surface area contributed by atoms with Crippen molar-refractivity contribution in [2.75, 3.05) is 6.61 Å². The molecule has 5 rings (SSSR count). The second kappa shape index (κ2) is 9.46. The molecule has 1 N–H and O–H groups in total. The Morgan fingerprint density at radius 3 is 2.69 bits per heavy atom. The number of nitrogens with zero attached hydrogens (tertiary/aromatic N) is 4. The summed E-state index contributed by atoms with van der Waals surface area (Å²) in [5.41, 5.74) is 2.20. The third-order valence-corrected chi connectivity index (χ3v) is 6.68. The molecule has 1 aliphatic rings. The lowest BCUT2D eigenvalue weighted by Gasteiger charge is -2.39. The van der Waals surface area contributed by atoms with E-state index < -0.39 is 17.6 Å². The quantitative estimate of drug-likeness (QED) is 0.426. The first-order valence-corrected chi connectivity index (χ1v) is 12.0. The number of aromatic nitrogens is 4. The molecule has 0 spiro atoms. The summed E-state index contributed by atoms with van der Waals surface area (Å²) in [6.07, 6.45) is 4.26. The van der Waals surface area contributed by atoms with Crippen molar-refractivity contribution in [3.8, 4) is 22.5 Å². The van der Waals surface area contributed by atoms with E-state index in [1.54, 1.807) is 17.5 Å². The maximum absolute atomic E-state index is 13.0. The molecule has 4 aromatic rings. The number of rotatable bonds is 6. The molecule has 180 valence electrons. The first kappa shape index (κ1) is 23.0. The van der Waals surface area contributed by atoms with E-state index in [1.165, 1.54) is 10.7 Å². The van der Waals surface area contributed by atoms with Crippen molar-refractivity contribution >= 4 is 11.5 Å². The average Bonchev–Trinajstić information content (AvgIpc) is 3.25. The van der Waals surface area contributed by atoms with Crippen LogP contribution in [0.1, 0.15) is 45.1 Å². The Kier molecular flexibility index (Phi) is 6.21. The molecule has 8 nitrogen and oxygen atoms in total. The van der Waals surface area contributed by atoms with Gasteiger partial charge in [-0.25, -0.2) is 9.20 Å². The summed E-state index contributed by atoms with van der Waals surface area (Å²) < 4.78 is 8.26. The molecule has 8 heteroatoms. The van der Waals surface area contributed by atoms with Gasteiger partial charge in [0.05, 0.1) is 41.4 Å². The topological polar surface area (TPSA) is 98.7 Å². The van der Waals surface area contributed by atoms with E-state index in [-0.39, 0.29) is 18.6 Å². The lowest BCUT2D eigenvalue weighted by atomic mass is 9.78. The second-order valence-electron chi connectivity index (χ2n) is 8.97. The summed E-state index contributed by atoms with van der Waals surface area (Å²) in [5, 5.41) is 21.1. The molecule has 0 saturated heterocycles. The number of pyridine rings is 1. The highest BCUT2D eigenvalue weighted by atomic mass is 16.5.